The van der Waals surface area contributed by atoms with Crippen LogP contribution in [0.25, 0.3) is 0 Å². The van der Waals surface area contributed by atoms with Crippen molar-refractivity contribution in [3.05, 3.63) is 0 Å². The maximum absolute atomic E-state index is 11.8. The molecule has 0 fully saturated rings. The number of hydrogen-bond donors (Lipinski definition) is 1. The second kappa shape index (κ2) is 6.60. The van der Waals surface area contributed by atoms with E-state index in [1.54, 1.807) is 20.8 Å². The van der Waals surface area contributed by atoms with Crippen LogP contribution >= 0.6 is 0 Å². The van der Waals surface area contributed by atoms with Gasteiger partial charge in [0.25, 0.3) is 0 Å². The summed E-state index contributed by atoms with van der Waals surface area (Å²) < 4.78 is 22.9. The smallest absolute Gasteiger partial charge is 0.156 e. The molecule has 0 heterocycles. The van der Waals surface area contributed by atoms with E-state index in [4.69, 9.17) is 0 Å². The summed E-state index contributed by atoms with van der Waals surface area (Å²) in [5.41, 5.74) is 0. The molecule has 0 aliphatic heterocycles. The van der Waals surface area contributed by atoms with E-state index < -0.39 is 14.6 Å². The molecule has 4 heteroatoms. The second-order valence-corrected chi connectivity index (χ2v) is 8.39. The third-order valence-corrected chi connectivity index (χ3v) is 5.36. The van der Waals surface area contributed by atoms with Crippen LogP contribution in [0.1, 0.15) is 47.5 Å². The standard InChI is InChI=1S/C12H27NO2S/c1-6-7-11(2)10-13-8-9-16(14,15)12(3,4)5/h11,13H,6-10H2,1-5H3. The van der Waals surface area contributed by atoms with Crippen LogP contribution in [0.4, 0.5) is 0 Å². The van der Waals surface area contributed by atoms with Crippen molar-refractivity contribution in [1.29, 1.82) is 0 Å². The zero-order valence-corrected chi connectivity index (χ0v) is 12.2. The Hall–Kier alpha value is -0.0900. The van der Waals surface area contributed by atoms with Crippen molar-refractivity contribution < 1.29 is 8.42 Å². The summed E-state index contributed by atoms with van der Waals surface area (Å²) in [6.45, 7) is 11.1. The van der Waals surface area contributed by atoms with Gasteiger partial charge in [-0.15, -0.1) is 0 Å². The fourth-order valence-corrected chi connectivity index (χ4v) is 2.48. The van der Waals surface area contributed by atoms with E-state index in [2.05, 4.69) is 19.2 Å². The van der Waals surface area contributed by atoms with Gasteiger partial charge >= 0.3 is 0 Å². The molecular weight excluding hydrogens is 222 g/mol. The molecule has 0 aromatic carbocycles. The molecule has 1 N–H and O–H groups in total. The van der Waals surface area contributed by atoms with Gasteiger partial charge in [-0.3, -0.25) is 0 Å². The molecule has 16 heavy (non-hydrogen) atoms. The van der Waals surface area contributed by atoms with Gasteiger partial charge in [0.2, 0.25) is 0 Å². The first kappa shape index (κ1) is 15.9. The fraction of sp³-hybridized carbons (Fsp3) is 1.00. The van der Waals surface area contributed by atoms with Crippen LogP contribution < -0.4 is 5.32 Å². The molecule has 0 bridgehead atoms. The topological polar surface area (TPSA) is 46.2 Å². The lowest BCUT2D eigenvalue weighted by molar-refractivity contribution is 0.481. The third-order valence-electron chi connectivity index (χ3n) is 2.75. The maximum Gasteiger partial charge on any atom is 0.156 e. The Labute approximate surface area is 101 Å². The molecule has 3 nitrogen and oxygen atoms in total. The Morgan fingerprint density at radius 1 is 1.25 bits per heavy atom. The number of nitrogens with one attached hydrogen (secondary N) is 1. The highest BCUT2D eigenvalue weighted by Crippen LogP contribution is 2.15. The molecule has 0 aliphatic rings. The SMILES string of the molecule is CCCC(C)CNCCS(=O)(=O)C(C)(C)C. The predicted octanol–water partition coefficient (Wildman–Crippen LogP) is 2.23. The number of rotatable bonds is 7. The van der Waals surface area contributed by atoms with E-state index in [0.717, 1.165) is 6.54 Å². The van der Waals surface area contributed by atoms with Crippen molar-refractivity contribution in [1.82, 2.24) is 5.32 Å². The fourth-order valence-electron chi connectivity index (χ4n) is 1.46. The van der Waals surface area contributed by atoms with Crippen molar-refractivity contribution in [2.45, 2.75) is 52.2 Å². The molecule has 0 rings (SSSR count). The molecule has 0 amide bonds. The zero-order chi connectivity index (χ0) is 12.8. The van der Waals surface area contributed by atoms with Gasteiger partial charge in [-0.25, -0.2) is 8.42 Å². The average Bonchev–Trinajstić information content (AvgIpc) is 2.11. The van der Waals surface area contributed by atoms with E-state index in [1.165, 1.54) is 12.8 Å². The predicted molar refractivity (Wildman–Crippen MR) is 70.5 cm³/mol. The van der Waals surface area contributed by atoms with Crippen LogP contribution in [-0.4, -0.2) is 32.0 Å². The molecule has 1 atom stereocenters. The normalized spacial score (nSPS) is 15.1. The highest BCUT2D eigenvalue weighted by Gasteiger charge is 2.27. The van der Waals surface area contributed by atoms with Gasteiger partial charge in [0, 0.05) is 6.54 Å². The number of sulfone groups is 1. The average molecular weight is 249 g/mol. The van der Waals surface area contributed by atoms with Crippen LogP contribution in [0.3, 0.4) is 0 Å². The molecule has 1 unspecified atom stereocenters. The minimum atomic E-state index is -2.97. The van der Waals surface area contributed by atoms with E-state index >= 15 is 0 Å². The van der Waals surface area contributed by atoms with Crippen LogP contribution in [0.2, 0.25) is 0 Å². The van der Waals surface area contributed by atoms with Gasteiger partial charge in [-0.05, 0) is 39.7 Å². The summed E-state index contributed by atoms with van der Waals surface area (Å²) >= 11 is 0. The van der Waals surface area contributed by atoms with Gasteiger partial charge < -0.3 is 5.32 Å². The van der Waals surface area contributed by atoms with Gasteiger partial charge in [0.1, 0.15) is 0 Å². The zero-order valence-electron chi connectivity index (χ0n) is 11.3. The third kappa shape index (κ3) is 5.85. The Morgan fingerprint density at radius 2 is 1.81 bits per heavy atom. The molecular formula is C12H27NO2S. The number of hydrogen-bond acceptors (Lipinski definition) is 3. The lowest BCUT2D eigenvalue weighted by Gasteiger charge is -2.19. The lowest BCUT2D eigenvalue weighted by Crippen LogP contribution is -2.35. The van der Waals surface area contributed by atoms with E-state index in [-0.39, 0.29) is 5.75 Å². The summed E-state index contributed by atoms with van der Waals surface area (Å²) in [4.78, 5) is 0. The summed E-state index contributed by atoms with van der Waals surface area (Å²) in [5.74, 6) is 0.859. The van der Waals surface area contributed by atoms with E-state index in [1.807, 2.05) is 0 Å². The van der Waals surface area contributed by atoms with Crippen LogP contribution in [0.15, 0.2) is 0 Å². The van der Waals surface area contributed by atoms with Gasteiger partial charge in [0.05, 0.1) is 10.5 Å². The van der Waals surface area contributed by atoms with Gasteiger partial charge in [-0.1, -0.05) is 20.3 Å². The highest BCUT2D eigenvalue weighted by molar-refractivity contribution is 7.92. The van der Waals surface area contributed by atoms with Crippen LogP contribution in [-0.2, 0) is 9.84 Å². The quantitative estimate of drug-likeness (QED) is 0.704. The Kier molecular flexibility index (Phi) is 6.56. The van der Waals surface area contributed by atoms with Crippen molar-refractivity contribution in [3.63, 3.8) is 0 Å². The molecule has 0 aromatic rings. The first-order valence-electron chi connectivity index (χ1n) is 6.13. The monoisotopic (exact) mass is 249 g/mol. The molecule has 0 saturated heterocycles. The molecule has 0 spiro atoms. The Bertz CT molecular complexity index is 278. The second-order valence-electron chi connectivity index (χ2n) is 5.53. The first-order chi connectivity index (χ1) is 7.20. The van der Waals surface area contributed by atoms with Crippen molar-refractivity contribution >= 4 is 9.84 Å². The molecule has 0 aliphatic carbocycles. The highest BCUT2D eigenvalue weighted by atomic mass is 32.2. The Morgan fingerprint density at radius 3 is 2.25 bits per heavy atom. The van der Waals surface area contributed by atoms with Crippen molar-refractivity contribution in [2.75, 3.05) is 18.8 Å². The lowest BCUT2D eigenvalue weighted by atomic mass is 10.1. The summed E-state index contributed by atoms with van der Waals surface area (Å²) in [6, 6.07) is 0. The van der Waals surface area contributed by atoms with Crippen molar-refractivity contribution in [3.8, 4) is 0 Å². The minimum Gasteiger partial charge on any atom is -0.315 e. The molecule has 0 aromatic heterocycles. The van der Waals surface area contributed by atoms with Gasteiger partial charge in [-0.2, -0.15) is 0 Å². The van der Waals surface area contributed by atoms with Crippen molar-refractivity contribution in [2.24, 2.45) is 5.92 Å². The molecule has 0 saturated carbocycles. The minimum absolute atomic E-state index is 0.231. The summed E-state index contributed by atoms with van der Waals surface area (Å²) in [7, 11) is -2.97. The first-order valence-corrected chi connectivity index (χ1v) is 7.79. The van der Waals surface area contributed by atoms with E-state index in [9.17, 15) is 8.42 Å². The largest absolute Gasteiger partial charge is 0.315 e. The van der Waals surface area contributed by atoms with Crippen LogP contribution in [0.5, 0.6) is 0 Å². The molecule has 98 valence electrons. The summed E-state index contributed by atoms with van der Waals surface area (Å²) in [6.07, 6.45) is 2.38. The maximum atomic E-state index is 11.8. The van der Waals surface area contributed by atoms with E-state index in [0.29, 0.717) is 12.5 Å². The van der Waals surface area contributed by atoms with Gasteiger partial charge in [0.15, 0.2) is 9.84 Å². The summed E-state index contributed by atoms with van der Waals surface area (Å²) in [5, 5.41) is 3.22. The van der Waals surface area contributed by atoms with Crippen LogP contribution in [0, 0.1) is 5.92 Å². The molecule has 0 radical (unpaired) electrons. The Balaban J connectivity index is 3.84.